The molecule has 4 heteroatoms. The van der Waals surface area contributed by atoms with E-state index in [1.807, 2.05) is 38.1 Å². The Morgan fingerprint density at radius 3 is 2.80 bits per heavy atom. The lowest BCUT2D eigenvalue weighted by Gasteiger charge is -2.14. The van der Waals surface area contributed by atoms with Gasteiger partial charge in [-0.25, -0.2) is 4.98 Å². The Labute approximate surface area is 93.9 Å². The minimum absolute atomic E-state index is 0.00685. The van der Waals surface area contributed by atoms with Crippen molar-refractivity contribution in [3.8, 4) is 0 Å². The first-order valence-electron chi connectivity index (χ1n) is 4.84. The van der Waals surface area contributed by atoms with Gasteiger partial charge >= 0.3 is 0 Å². The lowest BCUT2D eigenvalue weighted by atomic mass is 10.2. The van der Waals surface area contributed by atoms with Crippen LogP contribution in [0.5, 0.6) is 0 Å². The number of thiocarbonyl (C=S) groups is 1. The van der Waals surface area contributed by atoms with E-state index in [2.05, 4.69) is 9.55 Å². The van der Waals surface area contributed by atoms with Crippen molar-refractivity contribution >= 4 is 28.2 Å². The molecule has 2 aromatic rings. The monoisotopic (exact) mass is 219 g/mol. The average Bonchev–Trinajstić information content (AvgIpc) is 2.52. The summed E-state index contributed by atoms with van der Waals surface area (Å²) in [4.78, 5) is 4.95. The third-order valence-electron chi connectivity index (χ3n) is 2.57. The summed E-state index contributed by atoms with van der Waals surface area (Å²) >= 11 is 5.02. The number of benzene rings is 1. The van der Waals surface area contributed by atoms with E-state index in [0.717, 1.165) is 16.9 Å². The Hall–Kier alpha value is -1.42. The first-order valence-corrected chi connectivity index (χ1v) is 5.25. The summed E-state index contributed by atoms with van der Waals surface area (Å²) in [6, 6.07) is 8.00. The lowest BCUT2D eigenvalue weighted by Crippen LogP contribution is -2.22. The van der Waals surface area contributed by atoms with E-state index in [1.165, 1.54) is 0 Å². The van der Waals surface area contributed by atoms with Crippen molar-refractivity contribution in [1.82, 2.24) is 9.55 Å². The SMILES string of the molecule is Cc1nc2ccccc2n1C(C)C(N)=S. The molecular weight excluding hydrogens is 206 g/mol. The molecule has 1 aromatic carbocycles. The van der Waals surface area contributed by atoms with Crippen molar-refractivity contribution in [1.29, 1.82) is 0 Å². The van der Waals surface area contributed by atoms with E-state index in [4.69, 9.17) is 18.0 Å². The van der Waals surface area contributed by atoms with Crippen molar-refractivity contribution in [2.24, 2.45) is 5.73 Å². The molecule has 0 amide bonds. The van der Waals surface area contributed by atoms with Crippen LogP contribution < -0.4 is 5.73 Å². The molecule has 0 aliphatic carbocycles. The maximum Gasteiger partial charge on any atom is 0.107 e. The zero-order valence-corrected chi connectivity index (χ0v) is 9.58. The Morgan fingerprint density at radius 1 is 1.47 bits per heavy atom. The Kier molecular flexibility index (Phi) is 2.44. The van der Waals surface area contributed by atoms with E-state index in [9.17, 15) is 0 Å². The molecule has 0 bridgehead atoms. The van der Waals surface area contributed by atoms with Crippen LogP contribution in [0.4, 0.5) is 0 Å². The summed E-state index contributed by atoms with van der Waals surface area (Å²) in [6.07, 6.45) is 0. The van der Waals surface area contributed by atoms with E-state index in [-0.39, 0.29) is 6.04 Å². The molecule has 1 atom stereocenters. The van der Waals surface area contributed by atoms with Crippen LogP contribution in [0.2, 0.25) is 0 Å². The van der Waals surface area contributed by atoms with Crippen LogP contribution in [0, 0.1) is 6.92 Å². The first kappa shape index (κ1) is 10.1. The van der Waals surface area contributed by atoms with Crippen molar-refractivity contribution in [2.45, 2.75) is 19.9 Å². The molecule has 0 saturated heterocycles. The van der Waals surface area contributed by atoms with Crippen LogP contribution in [0.25, 0.3) is 11.0 Å². The fraction of sp³-hybridized carbons (Fsp3) is 0.273. The summed E-state index contributed by atoms with van der Waals surface area (Å²) in [7, 11) is 0. The van der Waals surface area contributed by atoms with E-state index in [0.29, 0.717) is 4.99 Å². The zero-order valence-electron chi connectivity index (χ0n) is 8.77. The maximum absolute atomic E-state index is 5.67. The molecule has 1 unspecified atom stereocenters. The van der Waals surface area contributed by atoms with E-state index < -0.39 is 0 Å². The minimum Gasteiger partial charge on any atom is -0.392 e. The van der Waals surface area contributed by atoms with Gasteiger partial charge in [-0.15, -0.1) is 0 Å². The van der Waals surface area contributed by atoms with Gasteiger partial charge in [-0.2, -0.15) is 0 Å². The zero-order chi connectivity index (χ0) is 11.0. The molecule has 2 N–H and O–H groups in total. The molecule has 0 radical (unpaired) electrons. The molecule has 1 heterocycles. The molecule has 2 rings (SSSR count). The third-order valence-corrected chi connectivity index (χ3v) is 2.91. The Balaban J connectivity index is 2.68. The van der Waals surface area contributed by atoms with Gasteiger partial charge in [-0.1, -0.05) is 24.4 Å². The van der Waals surface area contributed by atoms with Crippen LogP contribution in [0.1, 0.15) is 18.8 Å². The molecule has 0 spiro atoms. The van der Waals surface area contributed by atoms with Crippen molar-refractivity contribution < 1.29 is 0 Å². The number of para-hydroxylation sites is 2. The molecule has 78 valence electrons. The average molecular weight is 219 g/mol. The van der Waals surface area contributed by atoms with Crippen molar-refractivity contribution in [3.63, 3.8) is 0 Å². The molecule has 1 aromatic heterocycles. The summed E-state index contributed by atoms with van der Waals surface area (Å²) in [5.41, 5.74) is 7.73. The second kappa shape index (κ2) is 3.62. The van der Waals surface area contributed by atoms with Gasteiger partial charge in [0.2, 0.25) is 0 Å². The van der Waals surface area contributed by atoms with E-state index in [1.54, 1.807) is 0 Å². The molecule has 0 saturated carbocycles. The molecule has 0 aliphatic rings. The molecule has 15 heavy (non-hydrogen) atoms. The van der Waals surface area contributed by atoms with Gasteiger partial charge < -0.3 is 10.3 Å². The third kappa shape index (κ3) is 1.61. The van der Waals surface area contributed by atoms with Crippen LogP contribution >= 0.6 is 12.2 Å². The van der Waals surface area contributed by atoms with Crippen LogP contribution in [-0.2, 0) is 0 Å². The minimum atomic E-state index is 0.00685. The number of fused-ring (bicyclic) bond motifs is 1. The van der Waals surface area contributed by atoms with Gasteiger partial charge in [0, 0.05) is 0 Å². The molecule has 3 nitrogen and oxygen atoms in total. The molecular formula is C11H13N3S. The van der Waals surface area contributed by atoms with Crippen LogP contribution in [-0.4, -0.2) is 14.5 Å². The van der Waals surface area contributed by atoms with Crippen molar-refractivity contribution in [3.05, 3.63) is 30.1 Å². The standard InChI is InChI=1S/C11H13N3S/c1-7(11(12)15)14-8(2)13-9-5-3-4-6-10(9)14/h3-7H,1-2H3,(H2,12,15). The number of nitrogens with zero attached hydrogens (tertiary/aromatic N) is 2. The second-order valence-electron chi connectivity index (χ2n) is 3.60. The highest BCUT2D eigenvalue weighted by Crippen LogP contribution is 2.20. The highest BCUT2D eigenvalue weighted by molar-refractivity contribution is 7.80. The predicted octanol–water partition coefficient (Wildman–Crippen LogP) is 2.19. The van der Waals surface area contributed by atoms with Crippen molar-refractivity contribution in [2.75, 3.05) is 0 Å². The largest absolute Gasteiger partial charge is 0.392 e. The van der Waals surface area contributed by atoms with E-state index >= 15 is 0 Å². The lowest BCUT2D eigenvalue weighted by molar-refractivity contribution is 0.694. The summed E-state index contributed by atoms with van der Waals surface area (Å²) < 4.78 is 2.07. The van der Waals surface area contributed by atoms with Gasteiger partial charge in [-0.3, -0.25) is 0 Å². The fourth-order valence-corrected chi connectivity index (χ4v) is 1.89. The first-order chi connectivity index (χ1) is 7.11. The van der Waals surface area contributed by atoms with Crippen LogP contribution in [0.3, 0.4) is 0 Å². The Bertz CT molecular complexity index is 516. The summed E-state index contributed by atoms with van der Waals surface area (Å²) in [5.74, 6) is 0.941. The van der Waals surface area contributed by atoms with Gasteiger partial charge in [0.15, 0.2) is 0 Å². The summed E-state index contributed by atoms with van der Waals surface area (Å²) in [5, 5.41) is 0. The molecule has 0 aliphatic heterocycles. The second-order valence-corrected chi connectivity index (χ2v) is 4.07. The number of aryl methyl sites for hydroxylation is 1. The fourth-order valence-electron chi connectivity index (χ4n) is 1.78. The number of hydrogen-bond acceptors (Lipinski definition) is 2. The van der Waals surface area contributed by atoms with Gasteiger partial charge in [0.05, 0.1) is 22.1 Å². The van der Waals surface area contributed by atoms with Gasteiger partial charge in [0.1, 0.15) is 5.82 Å². The number of hydrogen-bond donors (Lipinski definition) is 1. The van der Waals surface area contributed by atoms with Crippen LogP contribution in [0.15, 0.2) is 24.3 Å². The van der Waals surface area contributed by atoms with Gasteiger partial charge in [0.25, 0.3) is 0 Å². The normalized spacial score (nSPS) is 12.9. The number of imidazole rings is 1. The summed E-state index contributed by atoms with van der Waals surface area (Å²) in [6.45, 7) is 3.96. The Morgan fingerprint density at radius 2 is 2.13 bits per heavy atom. The smallest absolute Gasteiger partial charge is 0.107 e. The predicted molar refractivity (Wildman–Crippen MR) is 66.0 cm³/mol. The molecule has 0 fully saturated rings. The highest BCUT2D eigenvalue weighted by Gasteiger charge is 2.14. The highest BCUT2D eigenvalue weighted by atomic mass is 32.1. The topological polar surface area (TPSA) is 43.8 Å². The number of rotatable bonds is 2. The quantitative estimate of drug-likeness (QED) is 0.787. The number of nitrogens with two attached hydrogens (primary N) is 1. The maximum atomic E-state index is 5.67. The number of aromatic nitrogens is 2. The van der Waals surface area contributed by atoms with Gasteiger partial charge in [-0.05, 0) is 26.0 Å².